The molecule has 0 aliphatic heterocycles. The van der Waals surface area contributed by atoms with E-state index in [4.69, 9.17) is 4.42 Å². The van der Waals surface area contributed by atoms with Crippen molar-refractivity contribution in [2.24, 2.45) is 5.92 Å². The van der Waals surface area contributed by atoms with Crippen LogP contribution in [0.2, 0.25) is 0 Å². The van der Waals surface area contributed by atoms with Crippen molar-refractivity contribution in [3.8, 4) is 0 Å². The number of amides is 1. The fraction of sp³-hybridized carbons (Fsp3) is 0.579. The van der Waals surface area contributed by atoms with Gasteiger partial charge < -0.3 is 9.73 Å². The molecule has 0 saturated heterocycles. The van der Waals surface area contributed by atoms with Gasteiger partial charge in [-0.1, -0.05) is 6.92 Å². The Kier molecular flexibility index (Phi) is 4.15. The summed E-state index contributed by atoms with van der Waals surface area (Å²) >= 11 is 0. The van der Waals surface area contributed by atoms with Gasteiger partial charge in [0.25, 0.3) is 0 Å². The zero-order valence-electron chi connectivity index (χ0n) is 15.1. The van der Waals surface area contributed by atoms with Crippen LogP contribution in [0, 0.1) is 19.8 Å². The number of hydrogen-bond acceptors (Lipinski definition) is 4. The normalized spacial score (nSPS) is 22.4. The number of nitrogens with one attached hydrogen (secondary N) is 2. The topological polar surface area (TPSA) is 74.2 Å². The number of anilines is 1. The van der Waals surface area contributed by atoms with Gasteiger partial charge in [-0.25, -0.2) is 0 Å². The zero-order chi connectivity index (χ0) is 17.6. The van der Waals surface area contributed by atoms with E-state index in [0.717, 1.165) is 47.4 Å². The summed E-state index contributed by atoms with van der Waals surface area (Å²) in [7, 11) is 0. The van der Waals surface area contributed by atoms with Gasteiger partial charge in [0.2, 0.25) is 5.91 Å². The van der Waals surface area contributed by atoms with Crippen molar-refractivity contribution in [1.82, 2.24) is 15.1 Å². The molecule has 0 aromatic carbocycles. The molecule has 2 saturated carbocycles. The molecule has 0 radical (unpaired) electrons. The van der Waals surface area contributed by atoms with E-state index in [1.807, 2.05) is 13.8 Å². The molecule has 2 atom stereocenters. The van der Waals surface area contributed by atoms with Crippen LogP contribution in [0.3, 0.4) is 0 Å². The highest BCUT2D eigenvalue weighted by atomic mass is 16.3. The standard InChI is InChI=1S/C19H26N4O2/c1-11-8-16(11)17-7-6-15(25-17)9-23(14-4-5-14)10-18(24)20-19-12(2)21-22-13(19)3/h6-7,11,14,16H,4-5,8-10H2,1-3H3,(H,20,24)(H,21,22)/t11-,16+/m0/s1. The van der Waals surface area contributed by atoms with Crippen molar-refractivity contribution in [1.29, 1.82) is 0 Å². The average Bonchev–Trinajstić information content (AvgIpc) is 3.48. The second kappa shape index (κ2) is 6.33. The maximum absolute atomic E-state index is 12.5. The molecule has 2 heterocycles. The van der Waals surface area contributed by atoms with Crippen LogP contribution in [0.1, 0.15) is 55.0 Å². The van der Waals surface area contributed by atoms with Crippen LogP contribution in [0.25, 0.3) is 0 Å². The van der Waals surface area contributed by atoms with Crippen LogP contribution in [0.5, 0.6) is 0 Å². The van der Waals surface area contributed by atoms with Crippen LogP contribution in [-0.4, -0.2) is 33.6 Å². The van der Waals surface area contributed by atoms with Gasteiger partial charge in [-0.05, 0) is 51.2 Å². The molecule has 6 nitrogen and oxygen atoms in total. The molecule has 2 aliphatic carbocycles. The zero-order valence-corrected chi connectivity index (χ0v) is 15.1. The van der Waals surface area contributed by atoms with E-state index in [1.165, 1.54) is 6.42 Å². The first kappa shape index (κ1) is 16.4. The first-order valence-electron chi connectivity index (χ1n) is 9.15. The Hall–Kier alpha value is -2.08. The lowest BCUT2D eigenvalue weighted by atomic mass is 10.3. The number of rotatable bonds is 7. The van der Waals surface area contributed by atoms with Crippen molar-refractivity contribution in [2.75, 3.05) is 11.9 Å². The number of carbonyl (C=O) groups excluding carboxylic acids is 1. The summed E-state index contributed by atoms with van der Waals surface area (Å²) in [6.07, 6.45) is 3.54. The molecule has 0 spiro atoms. The van der Waals surface area contributed by atoms with Crippen LogP contribution in [0.15, 0.2) is 16.5 Å². The Labute approximate surface area is 148 Å². The van der Waals surface area contributed by atoms with Crippen molar-refractivity contribution in [3.63, 3.8) is 0 Å². The third-order valence-corrected chi connectivity index (χ3v) is 5.32. The molecule has 2 aromatic rings. The fourth-order valence-electron chi connectivity index (χ4n) is 3.45. The molecule has 2 N–H and O–H groups in total. The molecular formula is C19H26N4O2. The van der Waals surface area contributed by atoms with E-state index in [9.17, 15) is 4.79 Å². The first-order chi connectivity index (χ1) is 12.0. The van der Waals surface area contributed by atoms with Crippen molar-refractivity contribution >= 4 is 11.6 Å². The lowest BCUT2D eigenvalue weighted by Gasteiger charge is -2.20. The van der Waals surface area contributed by atoms with Crippen LogP contribution >= 0.6 is 0 Å². The number of hydrogen-bond donors (Lipinski definition) is 2. The minimum absolute atomic E-state index is 0.00194. The number of nitrogens with zero attached hydrogens (tertiary/aromatic N) is 2. The summed E-state index contributed by atoms with van der Waals surface area (Å²) in [5.41, 5.74) is 2.50. The first-order valence-corrected chi connectivity index (χ1v) is 9.15. The van der Waals surface area contributed by atoms with Crippen molar-refractivity contribution in [2.45, 2.75) is 58.5 Å². The average molecular weight is 342 g/mol. The Morgan fingerprint density at radius 2 is 2.16 bits per heavy atom. The number of H-pyrrole nitrogens is 1. The summed E-state index contributed by atoms with van der Waals surface area (Å²) < 4.78 is 6.02. The molecule has 25 heavy (non-hydrogen) atoms. The Balaban J connectivity index is 1.38. The molecule has 2 aromatic heterocycles. The van der Waals surface area contributed by atoms with E-state index in [1.54, 1.807) is 0 Å². The molecule has 134 valence electrons. The lowest BCUT2D eigenvalue weighted by Crippen LogP contribution is -2.34. The number of aryl methyl sites for hydroxylation is 2. The maximum Gasteiger partial charge on any atom is 0.238 e. The minimum Gasteiger partial charge on any atom is -0.464 e. The van der Waals surface area contributed by atoms with E-state index < -0.39 is 0 Å². The number of furan rings is 1. The summed E-state index contributed by atoms with van der Waals surface area (Å²) in [6.45, 7) is 7.14. The summed E-state index contributed by atoms with van der Waals surface area (Å²) in [5, 5.41) is 10.0. The molecule has 2 fully saturated rings. The van der Waals surface area contributed by atoms with Gasteiger partial charge in [-0.2, -0.15) is 5.10 Å². The van der Waals surface area contributed by atoms with E-state index in [-0.39, 0.29) is 5.91 Å². The van der Waals surface area contributed by atoms with Crippen LogP contribution in [-0.2, 0) is 11.3 Å². The van der Waals surface area contributed by atoms with Gasteiger partial charge in [0.05, 0.1) is 30.2 Å². The van der Waals surface area contributed by atoms with Gasteiger partial charge in [-0.15, -0.1) is 0 Å². The van der Waals surface area contributed by atoms with Crippen molar-refractivity contribution < 1.29 is 9.21 Å². The second-order valence-electron chi connectivity index (χ2n) is 7.62. The SMILES string of the molecule is Cc1n[nH]c(C)c1NC(=O)CN(Cc1ccc([C@@H]2C[C@@H]2C)o1)C1CC1. The van der Waals surface area contributed by atoms with Gasteiger partial charge in [0.1, 0.15) is 11.5 Å². The molecule has 6 heteroatoms. The Morgan fingerprint density at radius 1 is 1.40 bits per heavy atom. The van der Waals surface area contributed by atoms with E-state index in [2.05, 4.69) is 39.5 Å². The maximum atomic E-state index is 12.5. The lowest BCUT2D eigenvalue weighted by molar-refractivity contribution is -0.117. The molecule has 1 amide bonds. The fourth-order valence-corrected chi connectivity index (χ4v) is 3.45. The summed E-state index contributed by atoms with van der Waals surface area (Å²) in [4.78, 5) is 14.7. The van der Waals surface area contributed by atoms with Crippen LogP contribution in [0.4, 0.5) is 5.69 Å². The second-order valence-corrected chi connectivity index (χ2v) is 7.62. The smallest absolute Gasteiger partial charge is 0.238 e. The molecular weight excluding hydrogens is 316 g/mol. The number of aromatic amines is 1. The third-order valence-electron chi connectivity index (χ3n) is 5.32. The molecule has 4 rings (SSSR count). The quantitative estimate of drug-likeness (QED) is 0.809. The summed E-state index contributed by atoms with van der Waals surface area (Å²) in [6, 6.07) is 4.66. The third kappa shape index (κ3) is 3.63. The summed E-state index contributed by atoms with van der Waals surface area (Å²) in [5.74, 6) is 3.41. The highest BCUT2D eigenvalue weighted by Gasteiger charge is 2.37. The van der Waals surface area contributed by atoms with E-state index >= 15 is 0 Å². The minimum atomic E-state index is 0.00194. The van der Waals surface area contributed by atoms with Crippen LogP contribution < -0.4 is 5.32 Å². The van der Waals surface area contributed by atoms with Crippen molar-refractivity contribution in [3.05, 3.63) is 35.0 Å². The predicted molar refractivity (Wildman–Crippen MR) is 95.4 cm³/mol. The molecule has 2 aliphatic rings. The van der Waals surface area contributed by atoms with Gasteiger partial charge >= 0.3 is 0 Å². The molecule has 0 bridgehead atoms. The highest BCUT2D eigenvalue weighted by Crippen LogP contribution is 2.47. The van der Waals surface area contributed by atoms with Gasteiger partial charge in [0.15, 0.2) is 0 Å². The monoisotopic (exact) mass is 342 g/mol. The van der Waals surface area contributed by atoms with E-state index in [0.29, 0.717) is 25.0 Å². The highest BCUT2D eigenvalue weighted by molar-refractivity contribution is 5.93. The van der Waals surface area contributed by atoms with Gasteiger partial charge in [0, 0.05) is 12.0 Å². The Morgan fingerprint density at radius 3 is 2.76 bits per heavy atom. The largest absolute Gasteiger partial charge is 0.464 e. The predicted octanol–water partition coefficient (Wildman–Crippen LogP) is 3.35. The molecule has 0 unspecified atom stereocenters. The number of carbonyl (C=O) groups is 1. The number of aromatic nitrogens is 2. The van der Waals surface area contributed by atoms with Gasteiger partial charge in [-0.3, -0.25) is 14.8 Å². The Bertz CT molecular complexity index is 755.